The highest BCUT2D eigenvalue weighted by Crippen LogP contribution is 2.52. The van der Waals surface area contributed by atoms with Gasteiger partial charge in [-0.1, -0.05) is 69.8 Å². The molecule has 46 heavy (non-hydrogen) atoms. The Balaban J connectivity index is 1.03. The molecule has 1 saturated heterocycles. The van der Waals surface area contributed by atoms with Crippen LogP contribution in [-0.2, 0) is 9.84 Å². The van der Waals surface area contributed by atoms with Gasteiger partial charge in [0.15, 0.2) is 8.32 Å². The van der Waals surface area contributed by atoms with Crippen molar-refractivity contribution in [3.8, 4) is 5.69 Å². The van der Waals surface area contributed by atoms with Crippen molar-refractivity contribution in [3.05, 3.63) is 68.7 Å². The monoisotopic (exact) mass is 659 g/mol. The van der Waals surface area contributed by atoms with Crippen LogP contribution in [0, 0.1) is 11.8 Å². The summed E-state index contributed by atoms with van der Waals surface area (Å²) in [5.41, 5.74) is 4.57. The lowest BCUT2D eigenvalue weighted by Gasteiger charge is -2.39. The maximum absolute atomic E-state index is 13.3. The van der Waals surface area contributed by atoms with Crippen LogP contribution in [0.15, 0.2) is 41.2 Å². The minimum atomic E-state index is -1.66. The molecule has 5 nitrogen and oxygen atoms in total. The van der Waals surface area contributed by atoms with E-state index in [0.717, 1.165) is 42.6 Å². The van der Waals surface area contributed by atoms with Gasteiger partial charge in [-0.25, -0.2) is 0 Å². The summed E-state index contributed by atoms with van der Waals surface area (Å²) in [5.74, 6) is 3.09. The number of nitrogens with zero attached hydrogens (tertiary/aromatic N) is 3. The number of hydrogen-bond acceptors (Lipinski definition) is 4. The molecule has 1 aromatic heterocycles. The van der Waals surface area contributed by atoms with Gasteiger partial charge in [0.05, 0.1) is 27.0 Å². The van der Waals surface area contributed by atoms with E-state index >= 15 is 0 Å². The van der Waals surface area contributed by atoms with Gasteiger partial charge in [0.2, 0.25) is 0 Å². The number of halogens is 1. The molecule has 2 saturated carbocycles. The van der Waals surface area contributed by atoms with Crippen molar-refractivity contribution in [2.75, 3.05) is 26.2 Å². The van der Waals surface area contributed by atoms with Crippen molar-refractivity contribution >= 4 is 30.8 Å². The Morgan fingerprint density at radius 2 is 1.65 bits per heavy atom. The fourth-order valence-corrected chi connectivity index (χ4v) is 10.2. The van der Waals surface area contributed by atoms with Crippen LogP contribution in [0.2, 0.25) is 23.2 Å². The lowest BCUT2D eigenvalue weighted by Crippen LogP contribution is -2.42. The molecular weight excluding hydrogens is 606 g/mol. The first-order valence-corrected chi connectivity index (χ1v) is 21.5. The summed E-state index contributed by atoms with van der Waals surface area (Å²) >= 11 is 6.59. The van der Waals surface area contributed by atoms with E-state index in [2.05, 4.69) is 67.6 Å². The quantitative estimate of drug-likeness (QED) is 0.247. The molecule has 4 aliphatic rings. The van der Waals surface area contributed by atoms with Crippen LogP contribution >= 0.6 is 11.6 Å². The second-order valence-electron chi connectivity index (χ2n) is 16.7. The summed E-state index contributed by atoms with van der Waals surface area (Å²) in [7, 11) is -1.66. The normalized spacial score (nSPS) is 24.0. The molecule has 7 rings (SSSR count). The van der Waals surface area contributed by atoms with E-state index < -0.39 is 8.32 Å². The number of aromatic nitrogens is 2. The van der Waals surface area contributed by atoms with Crippen LogP contribution in [0.4, 0.5) is 0 Å². The van der Waals surface area contributed by atoms with E-state index in [1.54, 1.807) is 0 Å². The van der Waals surface area contributed by atoms with E-state index in [1.807, 2.05) is 12.1 Å². The highest BCUT2D eigenvalue weighted by Gasteiger charge is 2.47. The standard InChI is InChI=1S/C39H54ClN3O2Si/c1-38(2,3)46(4,5)45-26-28-14-12-27(13-15-28)25-42-22-18-29(19-23-42)30-16-17-31-34(24-30)43-33-11-9-10-32(40)35(33)36(44)41-37(43)39(31)20-7-6-8-21-39/h9-11,16-17,24,27-29H,6-8,12-15,18-23,25-26H2,1-5H3. The third-order valence-electron chi connectivity index (χ3n) is 12.8. The molecule has 0 atom stereocenters. The van der Waals surface area contributed by atoms with Crippen molar-refractivity contribution in [3.63, 3.8) is 0 Å². The zero-order valence-corrected chi connectivity index (χ0v) is 30.6. The molecule has 248 valence electrons. The molecule has 2 aromatic carbocycles. The first kappa shape index (κ1) is 32.5. The molecule has 0 amide bonds. The Bertz CT molecular complexity index is 1640. The van der Waals surface area contributed by atoms with Crippen LogP contribution in [0.1, 0.15) is 114 Å². The minimum Gasteiger partial charge on any atom is -0.417 e. The smallest absolute Gasteiger partial charge is 0.282 e. The average Bonchev–Trinajstić information content (AvgIpc) is 3.29. The van der Waals surface area contributed by atoms with Gasteiger partial charge in [0.25, 0.3) is 5.56 Å². The number of benzene rings is 2. The SMILES string of the molecule is CC(C)(C)[Si](C)(C)OCC1CCC(CN2CCC(c3ccc4c(c3)-n3c(nc(=O)c5c(Cl)cccc53)C43CCCCC3)CC2)CC1. The van der Waals surface area contributed by atoms with Crippen molar-refractivity contribution in [2.24, 2.45) is 11.8 Å². The fourth-order valence-electron chi connectivity index (χ4n) is 8.89. The first-order valence-electron chi connectivity index (χ1n) is 18.2. The van der Waals surface area contributed by atoms with Crippen LogP contribution in [0.3, 0.4) is 0 Å². The van der Waals surface area contributed by atoms with Crippen molar-refractivity contribution in [2.45, 2.75) is 121 Å². The Labute approximate surface area is 282 Å². The predicted molar refractivity (Wildman–Crippen MR) is 193 cm³/mol. The third-order valence-corrected chi connectivity index (χ3v) is 17.6. The second kappa shape index (κ2) is 12.5. The molecule has 3 fully saturated rings. The van der Waals surface area contributed by atoms with E-state index in [1.165, 1.54) is 94.2 Å². The number of piperidine rings is 1. The fraction of sp³-hybridized carbons (Fsp3) is 0.641. The molecule has 3 heterocycles. The number of rotatable bonds is 6. The van der Waals surface area contributed by atoms with Crippen LogP contribution in [0.5, 0.6) is 0 Å². The molecule has 0 bridgehead atoms. The van der Waals surface area contributed by atoms with Crippen LogP contribution in [-0.4, -0.2) is 49.0 Å². The Morgan fingerprint density at radius 1 is 0.957 bits per heavy atom. The number of fused-ring (bicyclic) bond motifs is 7. The van der Waals surface area contributed by atoms with Crippen molar-refractivity contribution in [1.82, 2.24) is 14.5 Å². The maximum Gasteiger partial charge on any atom is 0.282 e. The minimum absolute atomic E-state index is 0.166. The Hall–Kier alpha value is -1.99. The molecule has 0 radical (unpaired) electrons. The highest BCUT2D eigenvalue weighted by molar-refractivity contribution is 6.74. The molecule has 0 N–H and O–H groups in total. The largest absolute Gasteiger partial charge is 0.417 e. The molecule has 7 heteroatoms. The van der Waals surface area contributed by atoms with Crippen molar-refractivity contribution < 1.29 is 4.43 Å². The summed E-state index contributed by atoms with van der Waals surface area (Å²) in [6.45, 7) is 16.4. The van der Waals surface area contributed by atoms with E-state index in [-0.39, 0.29) is 11.0 Å². The van der Waals surface area contributed by atoms with Gasteiger partial charge >= 0.3 is 0 Å². The molecule has 2 aliphatic carbocycles. The predicted octanol–water partition coefficient (Wildman–Crippen LogP) is 9.61. The third kappa shape index (κ3) is 5.84. The number of likely N-dealkylation sites (tertiary alicyclic amines) is 1. The summed E-state index contributed by atoms with van der Waals surface area (Å²) in [6, 6.07) is 13.1. The topological polar surface area (TPSA) is 47.4 Å². The van der Waals surface area contributed by atoms with Gasteiger partial charge in [0, 0.05) is 13.2 Å². The van der Waals surface area contributed by atoms with Crippen LogP contribution < -0.4 is 5.56 Å². The number of hydrogen-bond donors (Lipinski definition) is 0. The summed E-state index contributed by atoms with van der Waals surface area (Å²) in [4.78, 5) is 20.9. The lowest BCUT2D eigenvalue weighted by molar-refractivity contribution is 0.129. The molecule has 1 spiro atoms. The first-order chi connectivity index (χ1) is 22.0. The van der Waals surface area contributed by atoms with Gasteiger partial charge in [-0.15, -0.1) is 0 Å². The summed E-state index contributed by atoms with van der Waals surface area (Å²) in [6.07, 6.45) is 13.5. The van der Waals surface area contributed by atoms with Gasteiger partial charge in [0.1, 0.15) is 5.82 Å². The second-order valence-corrected chi connectivity index (χ2v) is 21.9. The summed E-state index contributed by atoms with van der Waals surface area (Å²) in [5, 5.41) is 1.33. The van der Waals surface area contributed by atoms with Crippen LogP contribution in [0.25, 0.3) is 16.6 Å². The summed E-state index contributed by atoms with van der Waals surface area (Å²) < 4.78 is 8.89. The molecule has 0 unspecified atom stereocenters. The van der Waals surface area contributed by atoms with Gasteiger partial charge in [-0.3, -0.25) is 9.36 Å². The molecule has 3 aromatic rings. The molecular formula is C39H54ClN3O2Si. The van der Waals surface area contributed by atoms with Gasteiger partial charge in [-0.05, 0) is 130 Å². The zero-order valence-electron chi connectivity index (χ0n) is 28.8. The van der Waals surface area contributed by atoms with Gasteiger partial charge < -0.3 is 9.33 Å². The van der Waals surface area contributed by atoms with Crippen molar-refractivity contribution in [1.29, 1.82) is 0 Å². The van der Waals surface area contributed by atoms with Gasteiger partial charge in [-0.2, -0.15) is 4.98 Å². The Kier molecular flexibility index (Phi) is 8.82. The van der Waals surface area contributed by atoms with E-state index in [9.17, 15) is 4.79 Å². The average molecular weight is 660 g/mol. The van der Waals surface area contributed by atoms with E-state index in [0.29, 0.717) is 21.4 Å². The maximum atomic E-state index is 13.3. The Morgan fingerprint density at radius 3 is 2.35 bits per heavy atom. The lowest BCUT2D eigenvalue weighted by atomic mass is 9.69. The van der Waals surface area contributed by atoms with E-state index in [4.69, 9.17) is 21.0 Å². The molecule has 2 aliphatic heterocycles. The zero-order chi connectivity index (χ0) is 32.3. The highest BCUT2D eigenvalue weighted by atomic mass is 35.5.